The number of carbonyl (C=O) groups excluding carboxylic acids is 2. The van der Waals surface area contributed by atoms with E-state index in [2.05, 4.69) is 16.0 Å². The van der Waals surface area contributed by atoms with Gasteiger partial charge < -0.3 is 29.8 Å². The number of nitrogens with two attached hydrogens (primary N) is 1. The number of benzene rings is 2. The number of aromatic nitrogens is 5. The van der Waals surface area contributed by atoms with Gasteiger partial charge in [-0.05, 0) is 87.9 Å². The molecule has 6 aromatic rings. The van der Waals surface area contributed by atoms with Gasteiger partial charge in [-0.25, -0.2) is 14.4 Å². The Hall–Kier alpha value is -5.20. The van der Waals surface area contributed by atoms with E-state index in [0.29, 0.717) is 54.9 Å². The molecular formula is C41H43FN8O3. The number of ether oxygens (including phenoxy) is 1. The predicted octanol–water partition coefficient (Wildman–Crippen LogP) is 6.48. The van der Waals surface area contributed by atoms with E-state index >= 15 is 4.39 Å². The summed E-state index contributed by atoms with van der Waals surface area (Å²) in [7, 11) is 1.63. The molecule has 6 heterocycles. The Morgan fingerprint density at radius 3 is 2.60 bits per heavy atom. The number of para-hydroxylation sites is 1. The monoisotopic (exact) mass is 714 g/mol. The Bertz CT molecular complexity index is 2420. The van der Waals surface area contributed by atoms with Crippen LogP contribution in [0.2, 0.25) is 0 Å². The van der Waals surface area contributed by atoms with Crippen LogP contribution in [0.15, 0.2) is 60.7 Å². The number of likely N-dealkylation sites (tertiary alicyclic amines) is 1. The van der Waals surface area contributed by atoms with Gasteiger partial charge in [0, 0.05) is 55.2 Å². The van der Waals surface area contributed by atoms with Gasteiger partial charge in [-0.15, -0.1) is 0 Å². The lowest BCUT2D eigenvalue weighted by Gasteiger charge is -2.35. The molecule has 3 atom stereocenters. The van der Waals surface area contributed by atoms with Crippen molar-refractivity contribution in [2.24, 2.45) is 5.73 Å². The number of methoxy groups -OCH3 is 1. The number of pyridine rings is 2. The van der Waals surface area contributed by atoms with E-state index in [-0.39, 0.29) is 41.6 Å². The fourth-order valence-electron chi connectivity index (χ4n) is 8.22. The molecule has 1 saturated heterocycles. The van der Waals surface area contributed by atoms with Gasteiger partial charge in [0.1, 0.15) is 17.0 Å². The van der Waals surface area contributed by atoms with Crippen LogP contribution in [0.25, 0.3) is 44.5 Å². The van der Waals surface area contributed by atoms with Crippen molar-refractivity contribution in [1.82, 2.24) is 34.3 Å². The number of amides is 2. The van der Waals surface area contributed by atoms with Gasteiger partial charge in [0.25, 0.3) is 11.8 Å². The van der Waals surface area contributed by atoms with E-state index in [1.807, 2.05) is 54.0 Å². The summed E-state index contributed by atoms with van der Waals surface area (Å²) in [5.41, 5.74) is 12.1. The number of carbonyl (C=O) groups is 2. The molecule has 11 nitrogen and oxygen atoms in total. The Balaban J connectivity index is 1.10. The average Bonchev–Trinajstić information content (AvgIpc) is 3.83. The van der Waals surface area contributed by atoms with Crippen LogP contribution >= 0.6 is 0 Å². The predicted molar refractivity (Wildman–Crippen MR) is 201 cm³/mol. The molecule has 1 saturated carbocycles. The highest BCUT2D eigenvalue weighted by atomic mass is 19.1. The third-order valence-electron chi connectivity index (χ3n) is 11.2. The third-order valence-corrected chi connectivity index (χ3v) is 11.2. The summed E-state index contributed by atoms with van der Waals surface area (Å²) >= 11 is 0. The van der Waals surface area contributed by atoms with Crippen LogP contribution in [0.3, 0.4) is 0 Å². The molecule has 2 bridgehead atoms. The normalized spacial score (nSPS) is 21.2. The summed E-state index contributed by atoms with van der Waals surface area (Å²) in [5.74, 6) is -0.219. The fraction of sp³-hybridized carbons (Fsp3) is 0.390. The van der Waals surface area contributed by atoms with Crippen LogP contribution in [-0.2, 0) is 17.7 Å². The van der Waals surface area contributed by atoms with Crippen molar-refractivity contribution in [2.75, 3.05) is 20.2 Å². The summed E-state index contributed by atoms with van der Waals surface area (Å²) in [6, 6.07) is 18.4. The highest BCUT2D eigenvalue weighted by Crippen LogP contribution is 2.43. The van der Waals surface area contributed by atoms with E-state index in [1.54, 1.807) is 18.1 Å². The number of piperidine rings is 1. The van der Waals surface area contributed by atoms with Gasteiger partial charge in [0.15, 0.2) is 5.82 Å². The van der Waals surface area contributed by atoms with Crippen molar-refractivity contribution in [3.63, 3.8) is 0 Å². The van der Waals surface area contributed by atoms with E-state index in [4.69, 9.17) is 25.4 Å². The SMILES string of the molecule is CO[C@@H]1CCN(C(=O)c2cc(F)c3c(c2)nc(-c2cc4ccc5nc4n2CCCCCc2nc4ccccc4cc2C(=O)N[C@@H]5C)n3C2CC2)C[C@@H]1N. The molecule has 3 N–H and O–H groups in total. The van der Waals surface area contributed by atoms with Crippen LogP contribution in [0.1, 0.15) is 89.6 Å². The van der Waals surface area contributed by atoms with Crippen molar-refractivity contribution in [3.8, 4) is 11.5 Å². The topological polar surface area (TPSA) is 133 Å². The van der Waals surface area contributed by atoms with Crippen molar-refractivity contribution >= 4 is 44.8 Å². The summed E-state index contributed by atoms with van der Waals surface area (Å²) in [6.07, 6.45) is 5.70. The van der Waals surface area contributed by atoms with E-state index < -0.39 is 5.82 Å². The molecule has 9 rings (SSSR count). The Kier molecular flexibility index (Phi) is 8.46. The molecule has 0 spiro atoms. The largest absolute Gasteiger partial charge is 0.380 e. The average molecular weight is 715 g/mol. The maximum atomic E-state index is 16.2. The zero-order valence-corrected chi connectivity index (χ0v) is 30.0. The molecule has 2 fully saturated rings. The van der Waals surface area contributed by atoms with Gasteiger partial charge in [-0.3, -0.25) is 14.6 Å². The first kappa shape index (κ1) is 33.6. The minimum Gasteiger partial charge on any atom is -0.380 e. The molecule has 53 heavy (non-hydrogen) atoms. The van der Waals surface area contributed by atoms with Gasteiger partial charge in [-0.2, -0.15) is 0 Å². The number of fused-ring (bicyclic) bond motifs is 4. The van der Waals surface area contributed by atoms with E-state index in [0.717, 1.165) is 71.1 Å². The van der Waals surface area contributed by atoms with Crippen molar-refractivity contribution in [2.45, 2.75) is 82.6 Å². The molecule has 4 aromatic heterocycles. The zero-order valence-electron chi connectivity index (χ0n) is 30.0. The first-order valence-electron chi connectivity index (χ1n) is 18.8. The number of rotatable bonds is 4. The third kappa shape index (κ3) is 6.03. The fourth-order valence-corrected chi connectivity index (χ4v) is 8.22. The number of nitrogens with one attached hydrogen (secondary N) is 1. The quantitative estimate of drug-likeness (QED) is 0.214. The first-order chi connectivity index (χ1) is 25.8. The van der Waals surface area contributed by atoms with Gasteiger partial charge in [0.05, 0.1) is 45.8 Å². The summed E-state index contributed by atoms with van der Waals surface area (Å²) in [5, 5.41) is 5.06. The van der Waals surface area contributed by atoms with Crippen LogP contribution in [0, 0.1) is 5.82 Å². The van der Waals surface area contributed by atoms with Gasteiger partial charge in [-0.1, -0.05) is 24.6 Å². The molecule has 12 heteroatoms. The van der Waals surface area contributed by atoms with Crippen LogP contribution in [0.4, 0.5) is 4.39 Å². The number of nitrogens with zero attached hydrogens (tertiary/aromatic N) is 6. The highest BCUT2D eigenvalue weighted by molar-refractivity contribution is 6.00. The number of aryl methyl sites for hydroxylation is 2. The summed E-state index contributed by atoms with van der Waals surface area (Å²) in [6.45, 7) is 3.47. The number of halogens is 1. The van der Waals surface area contributed by atoms with Crippen molar-refractivity contribution < 1.29 is 18.7 Å². The first-order valence-corrected chi connectivity index (χ1v) is 18.8. The lowest BCUT2D eigenvalue weighted by atomic mass is 10.0. The molecule has 2 aromatic carbocycles. The summed E-state index contributed by atoms with van der Waals surface area (Å²) < 4.78 is 25.9. The smallest absolute Gasteiger partial charge is 0.254 e. The molecular weight excluding hydrogens is 672 g/mol. The molecule has 3 aliphatic rings. The zero-order chi connectivity index (χ0) is 36.4. The number of imidazole rings is 1. The van der Waals surface area contributed by atoms with Crippen LogP contribution in [0.5, 0.6) is 0 Å². The van der Waals surface area contributed by atoms with Crippen LogP contribution < -0.4 is 11.1 Å². The molecule has 2 amide bonds. The maximum Gasteiger partial charge on any atom is 0.254 e. The van der Waals surface area contributed by atoms with Crippen molar-refractivity contribution in [1.29, 1.82) is 0 Å². The Morgan fingerprint density at radius 1 is 0.943 bits per heavy atom. The van der Waals surface area contributed by atoms with Crippen LogP contribution in [-0.4, -0.2) is 73.1 Å². The second-order valence-electron chi connectivity index (χ2n) is 14.9. The maximum absolute atomic E-state index is 16.2. The lowest BCUT2D eigenvalue weighted by Crippen LogP contribution is -2.53. The van der Waals surface area contributed by atoms with E-state index in [1.165, 1.54) is 6.07 Å². The second-order valence-corrected chi connectivity index (χ2v) is 14.9. The Labute approximate surface area is 306 Å². The molecule has 0 radical (unpaired) electrons. The standard InChI is InChI=1S/C41H43FN8O3/c1-23-31-14-11-25-21-35(49(38(25)46-31)16-7-3-4-10-33-28(40(51)44-23)18-24-8-5-6-9-32(24)45-33)39-47-34-20-26(19-29(42)37(34)50(39)27-12-13-27)41(52)48-17-15-36(53-2)30(43)22-48/h5-6,8-9,11,14,18-21,23,27,30,36H,3-4,7,10,12-13,15-17,22,43H2,1-2H3,(H,44,51)/t23-,30+,36-/m1/s1. The molecule has 0 unspecified atom stereocenters. The molecule has 2 aliphatic heterocycles. The van der Waals surface area contributed by atoms with E-state index in [9.17, 15) is 9.59 Å². The highest BCUT2D eigenvalue weighted by Gasteiger charge is 2.34. The molecule has 272 valence electrons. The minimum absolute atomic E-state index is 0.111. The second kappa shape index (κ2) is 13.3. The molecule has 1 aliphatic carbocycles. The minimum atomic E-state index is -0.462. The Morgan fingerprint density at radius 2 is 1.79 bits per heavy atom. The van der Waals surface area contributed by atoms with Gasteiger partial charge >= 0.3 is 0 Å². The lowest BCUT2D eigenvalue weighted by molar-refractivity contribution is 0.0227. The van der Waals surface area contributed by atoms with Gasteiger partial charge in [0.2, 0.25) is 0 Å². The number of hydrogen-bond acceptors (Lipinski definition) is 7. The summed E-state index contributed by atoms with van der Waals surface area (Å²) in [4.78, 5) is 44.2. The number of hydrogen-bond donors (Lipinski definition) is 2. The van der Waals surface area contributed by atoms with Crippen molar-refractivity contribution in [3.05, 3.63) is 89.0 Å².